The summed E-state index contributed by atoms with van der Waals surface area (Å²) >= 11 is 3.37. The minimum atomic E-state index is -0.125. The lowest BCUT2D eigenvalue weighted by atomic mass is 10.2. The van der Waals surface area contributed by atoms with E-state index in [0.717, 1.165) is 23.7 Å². The number of benzene rings is 1. The van der Waals surface area contributed by atoms with Gasteiger partial charge in [0.05, 0.1) is 17.2 Å². The molecule has 6 nitrogen and oxygen atoms in total. The van der Waals surface area contributed by atoms with Gasteiger partial charge in [-0.25, -0.2) is 4.98 Å². The molecule has 0 radical (unpaired) electrons. The van der Waals surface area contributed by atoms with Crippen LogP contribution in [0.2, 0.25) is 0 Å². The summed E-state index contributed by atoms with van der Waals surface area (Å²) in [6.45, 7) is 2.34. The van der Waals surface area contributed by atoms with Crippen LogP contribution in [-0.4, -0.2) is 19.7 Å². The zero-order chi connectivity index (χ0) is 15.5. The highest BCUT2D eigenvalue weighted by Gasteiger charge is 2.10. The number of fused-ring (bicyclic) bond motifs is 1. The lowest BCUT2D eigenvalue weighted by Gasteiger charge is -2.03. The Balaban J connectivity index is 1.89. The van der Waals surface area contributed by atoms with Crippen LogP contribution in [-0.2, 0) is 13.0 Å². The molecular weight excluding hydrogens is 348 g/mol. The number of hydrogen-bond donors (Lipinski definition) is 0. The number of halogens is 1. The van der Waals surface area contributed by atoms with Gasteiger partial charge in [-0.15, -0.1) is 0 Å². The first-order chi connectivity index (χ1) is 10.7. The Hall–Kier alpha value is -2.02. The third-order valence-electron chi connectivity index (χ3n) is 3.36. The van der Waals surface area contributed by atoms with Gasteiger partial charge in [0.1, 0.15) is 6.54 Å². The van der Waals surface area contributed by atoms with Crippen LogP contribution in [0.1, 0.15) is 31.5 Å². The maximum absolute atomic E-state index is 12.5. The maximum atomic E-state index is 12.5. The number of rotatable bonds is 5. The van der Waals surface area contributed by atoms with Gasteiger partial charge in [0.25, 0.3) is 5.56 Å². The van der Waals surface area contributed by atoms with Gasteiger partial charge >= 0.3 is 0 Å². The van der Waals surface area contributed by atoms with Crippen molar-refractivity contribution in [2.45, 2.75) is 32.7 Å². The minimum absolute atomic E-state index is 0.125. The van der Waals surface area contributed by atoms with Crippen LogP contribution in [0.15, 0.2) is 38.3 Å². The zero-order valence-electron chi connectivity index (χ0n) is 12.1. The molecule has 114 valence electrons. The van der Waals surface area contributed by atoms with E-state index < -0.39 is 0 Å². The summed E-state index contributed by atoms with van der Waals surface area (Å²) in [6.07, 6.45) is 4.39. The van der Waals surface area contributed by atoms with Crippen molar-refractivity contribution >= 4 is 26.8 Å². The largest absolute Gasteiger partial charge is 0.337 e. The second-order valence-corrected chi connectivity index (χ2v) is 5.96. The van der Waals surface area contributed by atoms with Gasteiger partial charge < -0.3 is 4.52 Å². The molecule has 0 aliphatic heterocycles. The van der Waals surface area contributed by atoms with Crippen LogP contribution in [0.3, 0.4) is 0 Å². The normalized spacial score (nSPS) is 11.2. The first kappa shape index (κ1) is 14.9. The third-order valence-corrected chi connectivity index (χ3v) is 3.85. The molecule has 0 saturated carbocycles. The van der Waals surface area contributed by atoms with Crippen molar-refractivity contribution in [2.24, 2.45) is 0 Å². The number of hydrogen-bond acceptors (Lipinski definition) is 5. The van der Waals surface area contributed by atoms with Gasteiger partial charge in [0.2, 0.25) is 5.89 Å². The predicted molar refractivity (Wildman–Crippen MR) is 85.7 cm³/mol. The van der Waals surface area contributed by atoms with Crippen molar-refractivity contribution < 1.29 is 4.52 Å². The molecule has 0 saturated heterocycles. The number of nitrogens with zero attached hydrogens (tertiary/aromatic N) is 4. The molecule has 0 aliphatic carbocycles. The van der Waals surface area contributed by atoms with Crippen LogP contribution >= 0.6 is 15.9 Å². The second-order valence-electron chi connectivity index (χ2n) is 5.05. The van der Waals surface area contributed by atoms with E-state index in [4.69, 9.17) is 4.52 Å². The summed E-state index contributed by atoms with van der Waals surface area (Å²) in [7, 11) is 0. The average molecular weight is 363 g/mol. The summed E-state index contributed by atoms with van der Waals surface area (Å²) in [5.41, 5.74) is 0.540. The fraction of sp³-hybridized carbons (Fsp3) is 0.333. The Kier molecular flexibility index (Phi) is 4.33. The summed E-state index contributed by atoms with van der Waals surface area (Å²) in [5.74, 6) is 1.10. The molecule has 0 atom stereocenters. The van der Waals surface area contributed by atoms with Crippen LogP contribution in [0, 0.1) is 0 Å². The molecular formula is C15H15BrN4O2. The predicted octanol–water partition coefficient (Wildman–Crippen LogP) is 2.93. The molecule has 1 aromatic carbocycles. The van der Waals surface area contributed by atoms with Crippen molar-refractivity contribution in [3.05, 3.63) is 51.1 Å². The van der Waals surface area contributed by atoms with E-state index in [1.807, 2.05) is 6.07 Å². The van der Waals surface area contributed by atoms with Crippen LogP contribution in [0.4, 0.5) is 0 Å². The quantitative estimate of drug-likeness (QED) is 0.697. The van der Waals surface area contributed by atoms with Gasteiger partial charge in [0.15, 0.2) is 5.82 Å². The molecule has 3 aromatic rings. The smallest absolute Gasteiger partial charge is 0.261 e. The molecule has 22 heavy (non-hydrogen) atoms. The first-order valence-corrected chi connectivity index (χ1v) is 7.93. The standard InChI is InChI=1S/C15H15BrN4O2/c1-2-3-4-13-18-14(22-19-13)8-20-9-17-12-6-5-10(16)7-11(12)15(20)21/h5-7,9H,2-4,8H2,1H3. The van der Waals surface area contributed by atoms with Crippen molar-refractivity contribution in [1.82, 2.24) is 19.7 Å². The Morgan fingerprint density at radius 1 is 1.36 bits per heavy atom. The molecule has 0 amide bonds. The molecule has 2 aromatic heterocycles. The van der Waals surface area contributed by atoms with Crippen molar-refractivity contribution in [3.63, 3.8) is 0 Å². The highest BCUT2D eigenvalue weighted by Crippen LogP contribution is 2.15. The van der Waals surface area contributed by atoms with Gasteiger partial charge in [-0.05, 0) is 24.6 Å². The second kappa shape index (κ2) is 6.39. The highest BCUT2D eigenvalue weighted by atomic mass is 79.9. The topological polar surface area (TPSA) is 73.8 Å². The van der Waals surface area contributed by atoms with Crippen molar-refractivity contribution in [3.8, 4) is 0 Å². The summed E-state index contributed by atoms with van der Waals surface area (Å²) < 4.78 is 7.52. The van der Waals surface area contributed by atoms with Gasteiger partial charge in [-0.2, -0.15) is 4.98 Å². The Morgan fingerprint density at radius 3 is 3.05 bits per heavy atom. The van der Waals surface area contributed by atoms with E-state index in [9.17, 15) is 4.79 Å². The molecule has 0 N–H and O–H groups in total. The molecule has 2 heterocycles. The number of aromatic nitrogens is 4. The monoisotopic (exact) mass is 362 g/mol. The van der Waals surface area contributed by atoms with Crippen LogP contribution in [0.5, 0.6) is 0 Å². The fourth-order valence-corrected chi connectivity index (χ4v) is 2.54. The summed E-state index contributed by atoms with van der Waals surface area (Å²) in [6, 6.07) is 5.43. The van der Waals surface area contributed by atoms with Crippen molar-refractivity contribution in [1.29, 1.82) is 0 Å². The lowest BCUT2D eigenvalue weighted by Crippen LogP contribution is -2.21. The van der Waals surface area contributed by atoms with E-state index in [0.29, 0.717) is 22.6 Å². The van der Waals surface area contributed by atoms with Crippen LogP contribution < -0.4 is 5.56 Å². The Morgan fingerprint density at radius 2 is 2.23 bits per heavy atom. The molecule has 0 aliphatic rings. The molecule has 0 bridgehead atoms. The molecule has 0 spiro atoms. The SMILES string of the molecule is CCCCc1noc(Cn2cnc3ccc(Br)cc3c2=O)n1. The van der Waals surface area contributed by atoms with Gasteiger partial charge in [-0.3, -0.25) is 9.36 Å². The first-order valence-electron chi connectivity index (χ1n) is 7.13. The lowest BCUT2D eigenvalue weighted by molar-refractivity contribution is 0.364. The van der Waals surface area contributed by atoms with E-state index in [1.165, 1.54) is 10.9 Å². The summed E-state index contributed by atoms with van der Waals surface area (Å²) in [4.78, 5) is 21.1. The highest BCUT2D eigenvalue weighted by molar-refractivity contribution is 9.10. The average Bonchev–Trinajstić information content (AvgIpc) is 2.96. The van der Waals surface area contributed by atoms with Gasteiger partial charge in [-0.1, -0.05) is 34.4 Å². The fourth-order valence-electron chi connectivity index (χ4n) is 2.18. The van der Waals surface area contributed by atoms with E-state index in [-0.39, 0.29) is 12.1 Å². The maximum Gasteiger partial charge on any atom is 0.261 e. The van der Waals surface area contributed by atoms with E-state index in [2.05, 4.69) is 38.0 Å². The Bertz CT molecular complexity index is 856. The number of unbranched alkanes of at least 4 members (excludes halogenated alkanes) is 1. The number of aryl methyl sites for hydroxylation is 1. The molecule has 0 fully saturated rings. The summed E-state index contributed by atoms with van der Waals surface area (Å²) in [5, 5.41) is 4.48. The van der Waals surface area contributed by atoms with E-state index in [1.54, 1.807) is 12.1 Å². The minimum Gasteiger partial charge on any atom is -0.337 e. The molecule has 7 heteroatoms. The molecule has 3 rings (SSSR count). The van der Waals surface area contributed by atoms with E-state index >= 15 is 0 Å². The molecule has 0 unspecified atom stereocenters. The third kappa shape index (κ3) is 3.09. The van der Waals surface area contributed by atoms with Crippen LogP contribution in [0.25, 0.3) is 10.9 Å². The van der Waals surface area contributed by atoms with Crippen molar-refractivity contribution in [2.75, 3.05) is 0 Å². The van der Waals surface area contributed by atoms with Gasteiger partial charge in [0, 0.05) is 10.9 Å². The Labute approximate surface area is 135 Å². The zero-order valence-corrected chi connectivity index (χ0v) is 13.7.